The Morgan fingerprint density at radius 1 is 0.932 bits per heavy atom. The maximum atomic E-state index is 13.5. The van der Waals surface area contributed by atoms with Gasteiger partial charge in [0.15, 0.2) is 6.61 Å². The van der Waals surface area contributed by atoms with E-state index in [0.29, 0.717) is 10.9 Å². The highest BCUT2D eigenvalue weighted by Crippen LogP contribution is 2.25. The minimum Gasteiger partial charge on any atom is -0.483 e. The van der Waals surface area contributed by atoms with Gasteiger partial charge in [-0.3, -0.25) is 24.0 Å². The van der Waals surface area contributed by atoms with Gasteiger partial charge in [0, 0.05) is 44.1 Å². The second kappa shape index (κ2) is 16.6. The Morgan fingerprint density at radius 2 is 1.61 bits per heavy atom. The number of ether oxygens (including phenoxy) is 4. The largest absolute Gasteiger partial charge is 0.483 e. The van der Waals surface area contributed by atoms with Gasteiger partial charge in [-0.15, -0.1) is 0 Å². The Kier molecular flexibility index (Phi) is 12.7. The average molecular weight is 616 g/mol. The summed E-state index contributed by atoms with van der Waals surface area (Å²) in [6.07, 6.45) is -0.629. The molecule has 2 aromatic rings. The average Bonchev–Trinajstić information content (AvgIpc) is 3.04. The zero-order valence-corrected chi connectivity index (χ0v) is 25.0. The molecule has 0 bridgehead atoms. The number of nitrogens with one attached hydrogen (secondary N) is 2. The molecule has 1 aliphatic rings. The molecule has 0 spiro atoms. The van der Waals surface area contributed by atoms with Crippen LogP contribution in [-0.2, 0) is 33.4 Å². The Bertz CT molecular complexity index is 1360. The Hall–Kier alpha value is -4.95. The van der Waals surface area contributed by atoms with Gasteiger partial charge in [-0.05, 0) is 32.4 Å². The summed E-state index contributed by atoms with van der Waals surface area (Å²) >= 11 is 0. The minimum absolute atomic E-state index is 0.0348. The molecule has 3 rings (SSSR count). The lowest BCUT2D eigenvalue weighted by Gasteiger charge is -2.36. The zero-order valence-electron chi connectivity index (χ0n) is 25.0. The predicted molar refractivity (Wildman–Crippen MR) is 155 cm³/mol. The van der Waals surface area contributed by atoms with Crippen molar-refractivity contribution in [2.45, 2.75) is 32.7 Å². The number of methoxy groups -OCH3 is 1. The van der Waals surface area contributed by atoms with E-state index in [2.05, 4.69) is 15.6 Å². The Morgan fingerprint density at radius 3 is 2.30 bits per heavy atom. The van der Waals surface area contributed by atoms with Crippen LogP contribution in [0.1, 0.15) is 37.2 Å². The van der Waals surface area contributed by atoms with Crippen LogP contribution in [0.4, 0.5) is 4.79 Å². The topological polar surface area (TPSA) is 183 Å². The van der Waals surface area contributed by atoms with Crippen LogP contribution in [-0.4, -0.2) is 116 Å². The van der Waals surface area contributed by atoms with Crippen molar-refractivity contribution in [3.05, 3.63) is 36.0 Å². The highest BCUT2D eigenvalue weighted by Gasteiger charge is 2.31. The number of fused-ring (bicyclic) bond motifs is 1. The van der Waals surface area contributed by atoms with E-state index in [4.69, 9.17) is 18.9 Å². The molecule has 1 atom stereocenters. The van der Waals surface area contributed by atoms with Gasteiger partial charge in [-0.25, -0.2) is 9.78 Å². The summed E-state index contributed by atoms with van der Waals surface area (Å²) in [5.74, 6) is -2.68. The zero-order chi connectivity index (χ0) is 32.1. The second-order valence-electron chi connectivity index (χ2n) is 9.55. The van der Waals surface area contributed by atoms with E-state index < -0.39 is 48.4 Å². The van der Waals surface area contributed by atoms with Crippen molar-refractivity contribution < 1.29 is 47.7 Å². The van der Waals surface area contributed by atoms with Crippen molar-refractivity contribution in [3.63, 3.8) is 0 Å². The lowest BCUT2D eigenvalue weighted by Crippen LogP contribution is -2.56. The molecule has 0 saturated carbocycles. The summed E-state index contributed by atoms with van der Waals surface area (Å²) in [6, 6.07) is 7.06. The lowest BCUT2D eigenvalue weighted by atomic mass is 10.1. The lowest BCUT2D eigenvalue weighted by molar-refractivity contribution is -0.143. The summed E-state index contributed by atoms with van der Waals surface area (Å²) in [5, 5.41) is 5.60. The first-order valence-corrected chi connectivity index (χ1v) is 14.2. The Balaban J connectivity index is 1.75. The van der Waals surface area contributed by atoms with Crippen LogP contribution in [0, 0.1) is 0 Å². The number of esters is 2. The van der Waals surface area contributed by atoms with Gasteiger partial charge >= 0.3 is 18.0 Å². The Labute approximate surface area is 254 Å². The summed E-state index contributed by atoms with van der Waals surface area (Å²) in [5.41, 5.74) is 0.309. The van der Waals surface area contributed by atoms with Gasteiger partial charge in [0.1, 0.15) is 24.0 Å². The predicted octanol–water partition coefficient (Wildman–Crippen LogP) is 0.645. The monoisotopic (exact) mass is 615 g/mol. The molecule has 1 unspecified atom stereocenters. The maximum absolute atomic E-state index is 13.5. The number of carbonyl (C=O) groups is 6. The molecule has 0 aliphatic carbocycles. The van der Waals surface area contributed by atoms with Crippen molar-refractivity contribution in [2.75, 3.05) is 59.7 Å². The standard InChI is InChI=1S/C29H37N5O10/c1-4-42-26(37)17-30-24(35)18-44-23-16-22(31-20-9-7-6-8-19(20)23)27(38)32-21(10-11-25(36)41-3)28(39)33-12-14-34(15-13-33)29(40)43-5-2/h6-9,16,21H,4-5,10-15,17-18H2,1-3H3,(H,30,35)(H,32,38). The van der Waals surface area contributed by atoms with Gasteiger partial charge in [-0.2, -0.15) is 0 Å². The summed E-state index contributed by atoms with van der Waals surface area (Å²) < 4.78 is 20.2. The van der Waals surface area contributed by atoms with Crippen LogP contribution in [0.25, 0.3) is 10.9 Å². The first-order valence-electron chi connectivity index (χ1n) is 14.2. The number of pyridine rings is 1. The number of benzene rings is 1. The van der Waals surface area contributed by atoms with E-state index in [1.165, 1.54) is 23.0 Å². The summed E-state index contributed by atoms with van der Waals surface area (Å²) in [6.45, 7) is 3.93. The van der Waals surface area contributed by atoms with E-state index in [1.54, 1.807) is 38.1 Å². The quantitative estimate of drug-likeness (QED) is 0.238. The molecule has 238 valence electrons. The molecule has 2 heterocycles. The molecular formula is C29H37N5O10. The second-order valence-corrected chi connectivity index (χ2v) is 9.55. The van der Waals surface area contributed by atoms with Gasteiger partial charge in [0.25, 0.3) is 11.8 Å². The smallest absolute Gasteiger partial charge is 0.409 e. The third-order valence-corrected chi connectivity index (χ3v) is 6.59. The molecule has 0 radical (unpaired) electrons. The van der Waals surface area contributed by atoms with Crippen LogP contribution in [0.3, 0.4) is 0 Å². The number of hydrogen-bond acceptors (Lipinski definition) is 11. The molecule has 44 heavy (non-hydrogen) atoms. The van der Waals surface area contributed by atoms with Crippen LogP contribution in [0.2, 0.25) is 0 Å². The van der Waals surface area contributed by atoms with E-state index in [9.17, 15) is 28.8 Å². The van der Waals surface area contributed by atoms with E-state index in [-0.39, 0.29) is 70.2 Å². The van der Waals surface area contributed by atoms with Crippen molar-refractivity contribution in [1.29, 1.82) is 0 Å². The molecule has 15 heteroatoms. The molecule has 1 aromatic carbocycles. The fourth-order valence-electron chi connectivity index (χ4n) is 4.35. The number of aromatic nitrogens is 1. The van der Waals surface area contributed by atoms with E-state index >= 15 is 0 Å². The maximum Gasteiger partial charge on any atom is 0.409 e. The fourth-order valence-corrected chi connectivity index (χ4v) is 4.35. The number of hydrogen-bond donors (Lipinski definition) is 2. The fraction of sp³-hybridized carbons (Fsp3) is 0.483. The number of rotatable bonds is 13. The highest BCUT2D eigenvalue weighted by molar-refractivity contribution is 5.99. The highest BCUT2D eigenvalue weighted by atomic mass is 16.6. The molecule has 1 aliphatic heterocycles. The molecule has 1 saturated heterocycles. The van der Waals surface area contributed by atoms with E-state index in [1.807, 2.05) is 0 Å². The summed E-state index contributed by atoms with van der Waals surface area (Å²) in [4.78, 5) is 82.0. The van der Waals surface area contributed by atoms with Crippen molar-refractivity contribution in [3.8, 4) is 5.75 Å². The minimum atomic E-state index is -1.10. The number of amides is 4. The van der Waals surface area contributed by atoms with Crippen LogP contribution >= 0.6 is 0 Å². The van der Waals surface area contributed by atoms with Crippen LogP contribution < -0.4 is 15.4 Å². The SMILES string of the molecule is CCOC(=O)CNC(=O)COc1cc(C(=O)NC(CCC(=O)OC)C(=O)N2CCN(C(=O)OCC)CC2)nc2ccccc12. The molecule has 1 fully saturated rings. The van der Waals surface area contributed by atoms with E-state index in [0.717, 1.165) is 0 Å². The van der Waals surface area contributed by atoms with Crippen molar-refractivity contribution >= 4 is 46.7 Å². The third kappa shape index (κ3) is 9.54. The summed E-state index contributed by atoms with van der Waals surface area (Å²) in [7, 11) is 1.23. The van der Waals surface area contributed by atoms with Crippen molar-refractivity contribution in [2.24, 2.45) is 0 Å². The molecule has 2 N–H and O–H groups in total. The van der Waals surface area contributed by atoms with Gasteiger partial charge < -0.3 is 39.4 Å². The molecule has 4 amide bonds. The van der Waals surface area contributed by atoms with Crippen molar-refractivity contribution in [1.82, 2.24) is 25.4 Å². The third-order valence-electron chi connectivity index (χ3n) is 6.59. The first kappa shape index (κ1) is 33.6. The molecular weight excluding hydrogens is 578 g/mol. The van der Waals surface area contributed by atoms with Gasteiger partial charge in [0.2, 0.25) is 5.91 Å². The number of piperazine rings is 1. The first-order chi connectivity index (χ1) is 21.2. The number of nitrogens with zero attached hydrogens (tertiary/aromatic N) is 3. The van der Waals surface area contributed by atoms with Crippen LogP contribution in [0.15, 0.2) is 30.3 Å². The van der Waals surface area contributed by atoms with Gasteiger partial charge in [0.05, 0.1) is 25.8 Å². The molecule has 1 aromatic heterocycles. The normalized spacial score (nSPS) is 13.4. The molecule has 15 nitrogen and oxygen atoms in total. The number of carbonyl (C=O) groups excluding carboxylic acids is 6. The van der Waals surface area contributed by atoms with Gasteiger partial charge in [-0.1, -0.05) is 12.1 Å². The number of para-hydroxylation sites is 1. The van der Waals surface area contributed by atoms with Crippen LogP contribution in [0.5, 0.6) is 5.75 Å².